The largest absolute Gasteiger partial charge is 0.334 e. The topological polar surface area (TPSA) is 120 Å². The van der Waals surface area contributed by atoms with Gasteiger partial charge in [-0.2, -0.15) is 0 Å². The van der Waals surface area contributed by atoms with Gasteiger partial charge in [-0.1, -0.05) is 0 Å². The van der Waals surface area contributed by atoms with Crippen molar-refractivity contribution in [1.82, 2.24) is 0 Å². The first kappa shape index (κ1) is 12.2. The summed E-state index contributed by atoms with van der Waals surface area (Å²) in [6.45, 7) is 4.63. The molecule has 17 heavy (non-hydrogen) atoms. The monoisotopic (exact) mass is 246 g/mol. The molecule has 0 aliphatic carbocycles. The van der Waals surface area contributed by atoms with Crippen molar-refractivity contribution in [3.05, 3.63) is 20.2 Å². The SMILES string of the molecule is CC1(C)C2([N+](=O)[O-])C[NH2+]CC1([N+](=O)[O-])C[NH2+]C2. The summed E-state index contributed by atoms with van der Waals surface area (Å²) in [6, 6.07) is 0. The molecule has 96 valence electrons. The Kier molecular flexibility index (Phi) is 2.41. The van der Waals surface area contributed by atoms with Crippen LogP contribution in [0, 0.1) is 25.6 Å². The van der Waals surface area contributed by atoms with E-state index in [9.17, 15) is 20.2 Å². The van der Waals surface area contributed by atoms with Crippen molar-refractivity contribution in [3.63, 3.8) is 0 Å². The van der Waals surface area contributed by atoms with Crippen LogP contribution in [0.5, 0.6) is 0 Å². The predicted octanol–water partition coefficient (Wildman–Crippen LogP) is -2.80. The number of nitro groups is 2. The minimum absolute atomic E-state index is 0.309. The molecule has 0 aromatic rings. The van der Waals surface area contributed by atoms with Crippen LogP contribution in [0.1, 0.15) is 13.8 Å². The Balaban J connectivity index is 2.57. The first-order valence-electron chi connectivity index (χ1n) is 5.72. The van der Waals surface area contributed by atoms with Crippen LogP contribution in [0.15, 0.2) is 0 Å². The number of piperidine rings is 2. The van der Waals surface area contributed by atoms with E-state index < -0.39 is 16.5 Å². The molecule has 2 aliphatic heterocycles. The Morgan fingerprint density at radius 3 is 1.41 bits per heavy atom. The molecule has 2 rings (SSSR count). The van der Waals surface area contributed by atoms with Crippen LogP contribution < -0.4 is 10.6 Å². The Morgan fingerprint density at radius 2 is 1.18 bits per heavy atom. The summed E-state index contributed by atoms with van der Waals surface area (Å²) in [4.78, 5) is 22.2. The van der Waals surface area contributed by atoms with Gasteiger partial charge in [-0.05, 0) is 13.8 Å². The normalized spacial score (nSPS) is 39.6. The zero-order valence-electron chi connectivity index (χ0n) is 10.0. The highest BCUT2D eigenvalue weighted by molar-refractivity contribution is 5.09. The number of nitrogens with two attached hydrogens (primary N) is 2. The maximum Gasteiger partial charge on any atom is 0.328 e. The number of nitrogens with zero attached hydrogens (tertiary/aromatic N) is 2. The van der Waals surface area contributed by atoms with Gasteiger partial charge in [0.15, 0.2) is 26.2 Å². The standard InChI is InChI=1S/C9H16N4O4/c1-7(2)8(12(14)15)3-10-5-9(7,13(16)17)6-11-4-8/h10-11H,3-6H2,1-2H3/p+2. The fourth-order valence-electron chi connectivity index (χ4n) is 3.47. The Bertz CT molecular complexity index is 339. The van der Waals surface area contributed by atoms with Gasteiger partial charge in [-0.25, -0.2) is 0 Å². The van der Waals surface area contributed by atoms with Gasteiger partial charge in [0.25, 0.3) is 0 Å². The van der Waals surface area contributed by atoms with E-state index in [1.807, 2.05) is 0 Å². The van der Waals surface area contributed by atoms with Gasteiger partial charge in [0.05, 0.1) is 0 Å². The molecule has 8 heteroatoms. The fraction of sp³-hybridized carbons (Fsp3) is 1.00. The Labute approximate surface area is 98.1 Å². The highest BCUT2D eigenvalue weighted by Gasteiger charge is 2.80. The molecule has 4 N–H and O–H groups in total. The van der Waals surface area contributed by atoms with Gasteiger partial charge in [-0.3, -0.25) is 20.2 Å². The van der Waals surface area contributed by atoms with Crippen LogP contribution in [-0.2, 0) is 0 Å². The molecule has 0 atom stereocenters. The summed E-state index contributed by atoms with van der Waals surface area (Å²) < 4.78 is 0. The molecular formula is C9H18N4O4+2. The molecule has 0 radical (unpaired) electrons. The number of fused-ring (bicyclic) bond motifs is 2. The summed E-state index contributed by atoms with van der Waals surface area (Å²) in [7, 11) is 0. The van der Waals surface area contributed by atoms with Crippen LogP contribution in [0.25, 0.3) is 0 Å². The smallest absolute Gasteiger partial charge is 0.328 e. The van der Waals surface area contributed by atoms with Crippen molar-refractivity contribution in [2.75, 3.05) is 26.2 Å². The maximum absolute atomic E-state index is 11.4. The molecule has 0 spiro atoms. The van der Waals surface area contributed by atoms with Gasteiger partial charge in [0, 0.05) is 9.85 Å². The molecule has 0 aromatic heterocycles. The van der Waals surface area contributed by atoms with Crippen LogP contribution in [0.4, 0.5) is 0 Å². The summed E-state index contributed by atoms with van der Waals surface area (Å²) in [5.74, 6) is 0. The fourth-order valence-corrected chi connectivity index (χ4v) is 3.47. The summed E-state index contributed by atoms with van der Waals surface area (Å²) >= 11 is 0. The Morgan fingerprint density at radius 1 is 0.882 bits per heavy atom. The summed E-state index contributed by atoms with van der Waals surface area (Å²) in [6.07, 6.45) is 0. The van der Waals surface area contributed by atoms with E-state index in [0.717, 1.165) is 0 Å². The molecule has 0 aromatic carbocycles. The first-order chi connectivity index (χ1) is 7.80. The number of hydrogen-bond acceptors (Lipinski definition) is 4. The quantitative estimate of drug-likeness (QED) is 0.404. The second kappa shape index (κ2) is 3.36. The minimum Gasteiger partial charge on any atom is -0.334 e. The van der Waals surface area contributed by atoms with Crippen LogP contribution in [-0.4, -0.2) is 47.1 Å². The third kappa shape index (κ3) is 1.19. The van der Waals surface area contributed by atoms with Gasteiger partial charge in [0.2, 0.25) is 0 Å². The van der Waals surface area contributed by atoms with Crippen LogP contribution in [0.2, 0.25) is 0 Å². The van der Waals surface area contributed by atoms with Crippen LogP contribution in [0.3, 0.4) is 0 Å². The van der Waals surface area contributed by atoms with E-state index >= 15 is 0 Å². The minimum atomic E-state index is -1.21. The second-order valence-corrected chi connectivity index (χ2v) is 5.60. The zero-order chi connectivity index (χ0) is 12.9. The molecule has 0 amide bonds. The van der Waals surface area contributed by atoms with E-state index in [1.165, 1.54) is 0 Å². The van der Waals surface area contributed by atoms with Gasteiger partial charge in [0.1, 0.15) is 5.41 Å². The van der Waals surface area contributed by atoms with Crippen molar-refractivity contribution in [2.45, 2.75) is 24.9 Å². The zero-order valence-corrected chi connectivity index (χ0v) is 10.0. The van der Waals surface area contributed by atoms with Crippen molar-refractivity contribution in [1.29, 1.82) is 0 Å². The van der Waals surface area contributed by atoms with Crippen molar-refractivity contribution >= 4 is 0 Å². The van der Waals surface area contributed by atoms with Gasteiger partial charge >= 0.3 is 11.1 Å². The van der Waals surface area contributed by atoms with Crippen molar-refractivity contribution in [3.8, 4) is 0 Å². The van der Waals surface area contributed by atoms with E-state index in [4.69, 9.17) is 0 Å². The molecule has 2 aliphatic rings. The summed E-state index contributed by atoms with van der Waals surface area (Å²) in [5.41, 5.74) is -3.36. The second-order valence-electron chi connectivity index (χ2n) is 5.60. The summed E-state index contributed by atoms with van der Waals surface area (Å²) in [5, 5.41) is 26.3. The number of rotatable bonds is 2. The molecule has 2 fully saturated rings. The Hall–Kier alpha value is -1.28. The molecule has 0 unspecified atom stereocenters. The lowest BCUT2D eigenvalue weighted by Gasteiger charge is -2.49. The highest BCUT2D eigenvalue weighted by Crippen LogP contribution is 2.45. The van der Waals surface area contributed by atoms with E-state index in [-0.39, 0.29) is 9.85 Å². The average molecular weight is 246 g/mol. The lowest BCUT2D eigenvalue weighted by molar-refractivity contribution is -0.860. The number of hydrogen-bond donors (Lipinski definition) is 2. The number of quaternary nitrogens is 2. The molecule has 8 nitrogen and oxygen atoms in total. The highest BCUT2D eigenvalue weighted by atomic mass is 16.6. The van der Waals surface area contributed by atoms with Crippen LogP contribution >= 0.6 is 0 Å². The molecule has 0 saturated carbocycles. The third-order valence-electron chi connectivity index (χ3n) is 4.95. The molecule has 2 heterocycles. The van der Waals surface area contributed by atoms with Crippen molar-refractivity contribution in [2.24, 2.45) is 5.41 Å². The molecule has 2 saturated heterocycles. The van der Waals surface area contributed by atoms with E-state index in [0.29, 0.717) is 26.2 Å². The molecular weight excluding hydrogens is 228 g/mol. The van der Waals surface area contributed by atoms with Gasteiger partial charge < -0.3 is 10.6 Å². The lowest BCUT2D eigenvalue weighted by atomic mass is 9.56. The van der Waals surface area contributed by atoms with Crippen molar-refractivity contribution < 1.29 is 20.5 Å². The third-order valence-corrected chi connectivity index (χ3v) is 4.95. The lowest BCUT2D eigenvalue weighted by Crippen LogP contribution is -3.11. The predicted molar refractivity (Wildman–Crippen MR) is 56.6 cm³/mol. The van der Waals surface area contributed by atoms with E-state index in [2.05, 4.69) is 0 Å². The van der Waals surface area contributed by atoms with E-state index in [1.54, 1.807) is 24.5 Å². The maximum atomic E-state index is 11.4. The van der Waals surface area contributed by atoms with Gasteiger partial charge in [-0.15, -0.1) is 0 Å². The average Bonchev–Trinajstić information content (AvgIpc) is 2.14. The molecule has 2 bridgehead atoms. The first-order valence-corrected chi connectivity index (χ1v) is 5.72.